The van der Waals surface area contributed by atoms with E-state index in [1.165, 1.54) is 60.9 Å². The van der Waals surface area contributed by atoms with Crippen LogP contribution in [0.15, 0.2) is 150 Å². The van der Waals surface area contributed by atoms with Crippen molar-refractivity contribution in [1.29, 1.82) is 0 Å². The maximum Gasteiger partial charge on any atom is 0.0547 e. The molecule has 0 saturated heterocycles. The van der Waals surface area contributed by atoms with Crippen molar-refractivity contribution in [1.82, 2.24) is 4.57 Å². The molecule has 0 saturated carbocycles. The highest BCUT2D eigenvalue weighted by atomic mass is 79.9. The maximum atomic E-state index is 3.77. The SMILES string of the molecule is Brc1ccccc1-c1ccc(-c2ccc3c4ccccc4n(-c4ccccc4)c3c2)cc1-c1ccccc1. The lowest BCUT2D eigenvalue weighted by Crippen LogP contribution is -1.93. The fraction of sp³-hybridized carbons (Fsp3) is 0. The number of halogens is 1. The zero-order valence-corrected chi connectivity index (χ0v) is 22.3. The van der Waals surface area contributed by atoms with Crippen molar-refractivity contribution >= 4 is 37.7 Å². The number of hydrogen-bond acceptors (Lipinski definition) is 0. The van der Waals surface area contributed by atoms with Gasteiger partial charge < -0.3 is 4.57 Å². The molecule has 0 radical (unpaired) electrons. The van der Waals surface area contributed by atoms with Crippen LogP contribution in [0.3, 0.4) is 0 Å². The Bertz CT molecular complexity index is 1920. The van der Waals surface area contributed by atoms with Crippen molar-refractivity contribution in [2.24, 2.45) is 0 Å². The van der Waals surface area contributed by atoms with E-state index in [0.717, 1.165) is 4.47 Å². The Morgan fingerprint density at radius 2 is 1.03 bits per heavy atom. The van der Waals surface area contributed by atoms with E-state index >= 15 is 0 Å². The lowest BCUT2D eigenvalue weighted by atomic mass is 9.91. The van der Waals surface area contributed by atoms with E-state index < -0.39 is 0 Å². The van der Waals surface area contributed by atoms with Gasteiger partial charge in [0.05, 0.1) is 11.0 Å². The minimum atomic E-state index is 1.10. The number of rotatable bonds is 4. The number of benzene rings is 6. The first-order chi connectivity index (χ1) is 18.8. The molecule has 6 aromatic carbocycles. The van der Waals surface area contributed by atoms with Crippen molar-refractivity contribution in [3.63, 3.8) is 0 Å². The minimum Gasteiger partial charge on any atom is -0.309 e. The summed E-state index contributed by atoms with van der Waals surface area (Å²) in [5.74, 6) is 0. The molecular formula is C36H24BrN. The predicted octanol–water partition coefficient (Wildman–Crippen LogP) is 10.5. The van der Waals surface area contributed by atoms with Crippen LogP contribution in [0.1, 0.15) is 0 Å². The molecule has 2 heteroatoms. The van der Waals surface area contributed by atoms with E-state index in [1.54, 1.807) is 0 Å². The van der Waals surface area contributed by atoms with Gasteiger partial charge >= 0.3 is 0 Å². The number of nitrogens with zero attached hydrogens (tertiary/aromatic N) is 1. The average molecular weight is 550 g/mol. The summed E-state index contributed by atoms with van der Waals surface area (Å²) >= 11 is 3.77. The molecule has 7 aromatic rings. The van der Waals surface area contributed by atoms with E-state index in [2.05, 4.69) is 166 Å². The number of hydrogen-bond donors (Lipinski definition) is 0. The summed E-state index contributed by atoms with van der Waals surface area (Å²) in [5, 5.41) is 2.54. The molecule has 0 N–H and O–H groups in total. The number of aromatic nitrogens is 1. The summed E-state index contributed by atoms with van der Waals surface area (Å²) in [6.45, 7) is 0. The Kier molecular flexibility index (Phi) is 5.68. The van der Waals surface area contributed by atoms with Gasteiger partial charge in [-0.1, -0.05) is 125 Å². The Morgan fingerprint density at radius 1 is 0.395 bits per heavy atom. The summed E-state index contributed by atoms with van der Waals surface area (Å²) in [6.07, 6.45) is 0. The lowest BCUT2D eigenvalue weighted by molar-refractivity contribution is 1.18. The largest absolute Gasteiger partial charge is 0.309 e. The standard InChI is InChI=1S/C36H24BrN/c37-34-17-9-7-15-30(34)29-21-19-26(23-33(29)25-11-3-1-4-12-25)27-20-22-32-31-16-8-10-18-35(31)38(36(32)24-27)28-13-5-2-6-14-28/h1-24H. The monoisotopic (exact) mass is 549 g/mol. The topological polar surface area (TPSA) is 4.93 Å². The molecule has 0 spiro atoms. The zero-order chi connectivity index (χ0) is 25.5. The fourth-order valence-electron chi connectivity index (χ4n) is 5.50. The van der Waals surface area contributed by atoms with Crippen LogP contribution < -0.4 is 0 Å². The molecule has 0 aliphatic heterocycles. The van der Waals surface area contributed by atoms with Crippen LogP contribution in [-0.4, -0.2) is 4.57 Å². The molecule has 0 atom stereocenters. The van der Waals surface area contributed by atoms with Crippen molar-refractivity contribution in [2.75, 3.05) is 0 Å². The van der Waals surface area contributed by atoms with Crippen LogP contribution in [0.25, 0.3) is 60.9 Å². The summed E-state index contributed by atoms with van der Waals surface area (Å²) in [6, 6.07) is 52.1. The highest BCUT2D eigenvalue weighted by molar-refractivity contribution is 9.10. The van der Waals surface area contributed by atoms with Gasteiger partial charge in [0, 0.05) is 20.9 Å². The van der Waals surface area contributed by atoms with Crippen LogP contribution in [0.5, 0.6) is 0 Å². The highest BCUT2D eigenvalue weighted by Crippen LogP contribution is 2.40. The molecule has 0 fully saturated rings. The summed E-state index contributed by atoms with van der Waals surface area (Å²) < 4.78 is 3.47. The maximum absolute atomic E-state index is 3.77. The Labute approximate surface area is 230 Å². The molecule has 0 bridgehead atoms. The summed E-state index contributed by atoms with van der Waals surface area (Å²) in [5.41, 5.74) is 10.8. The van der Waals surface area contributed by atoms with E-state index in [0.29, 0.717) is 0 Å². The number of para-hydroxylation sites is 2. The third-order valence-corrected chi connectivity index (χ3v) is 7.98. The van der Waals surface area contributed by atoms with Crippen molar-refractivity contribution in [2.45, 2.75) is 0 Å². The lowest BCUT2D eigenvalue weighted by Gasteiger charge is -2.15. The molecule has 38 heavy (non-hydrogen) atoms. The van der Waals surface area contributed by atoms with E-state index in [4.69, 9.17) is 0 Å². The van der Waals surface area contributed by atoms with Gasteiger partial charge in [-0.2, -0.15) is 0 Å². The third-order valence-electron chi connectivity index (χ3n) is 7.29. The molecular weight excluding hydrogens is 526 g/mol. The Hall–Kier alpha value is -4.40. The normalized spacial score (nSPS) is 11.3. The first-order valence-electron chi connectivity index (χ1n) is 12.8. The smallest absolute Gasteiger partial charge is 0.0547 e. The van der Waals surface area contributed by atoms with Crippen molar-refractivity contribution < 1.29 is 0 Å². The van der Waals surface area contributed by atoms with E-state index in [9.17, 15) is 0 Å². The molecule has 180 valence electrons. The quantitative estimate of drug-likeness (QED) is 0.205. The van der Waals surface area contributed by atoms with Crippen LogP contribution >= 0.6 is 15.9 Å². The first-order valence-corrected chi connectivity index (χ1v) is 13.6. The van der Waals surface area contributed by atoms with Crippen molar-refractivity contribution in [3.8, 4) is 39.1 Å². The van der Waals surface area contributed by atoms with Crippen LogP contribution in [-0.2, 0) is 0 Å². The third kappa shape index (κ3) is 3.86. The van der Waals surface area contributed by atoms with Gasteiger partial charge in [-0.15, -0.1) is 0 Å². The molecule has 0 aliphatic carbocycles. The van der Waals surface area contributed by atoms with Crippen LogP contribution in [0, 0.1) is 0 Å². The second kappa shape index (κ2) is 9.48. The van der Waals surface area contributed by atoms with Crippen LogP contribution in [0.2, 0.25) is 0 Å². The average Bonchev–Trinajstić information content (AvgIpc) is 3.32. The fourth-order valence-corrected chi connectivity index (χ4v) is 6.00. The van der Waals surface area contributed by atoms with E-state index in [1.807, 2.05) is 0 Å². The Morgan fingerprint density at radius 3 is 1.84 bits per heavy atom. The van der Waals surface area contributed by atoms with Crippen LogP contribution in [0.4, 0.5) is 0 Å². The van der Waals surface area contributed by atoms with Gasteiger partial charge in [0.15, 0.2) is 0 Å². The van der Waals surface area contributed by atoms with Gasteiger partial charge in [0.1, 0.15) is 0 Å². The van der Waals surface area contributed by atoms with Gasteiger partial charge in [0.25, 0.3) is 0 Å². The number of fused-ring (bicyclic) bond motifs is 3. The van der Waals surface area contributed by atoms with Gasteiger partial charge in [-0.05, 0) is 69.8 Å². The second-order valence-electron chi connectivity index (χ2n) is 9.53. The first kappa shape index (κ1) is 22.8. The molecule has 7 rings (SSSR count). The van der Waals surface area contributed by atoms with Gasteiger partial charge in [0.2, 0.25) is 0 Å². The summed E-state index contributed by atoms with van der Waals surface area (Å²) in [7, 11) is 0. The Balaban J connectivity index is 1.46. The molecule has 1 aromatic heterocycles. The molecule has 0 unspecified atom stereocenters. The molecule has 0 aliphatic rings. The zero-order valence-electron chi connectivity index (χ0n) is 20.7. The molecule has 0 amide bonds. The highest BCUT2D eigenvalue weighted by Gasteiger charge is 2.15. The van der Waals surface area contributed by atoms with Crippen molar-refractivity contribution in [3.05, 3.63) is 150 Å². The van der Waals surface area contributed by atoms with E-state index in [-0.39, 0.29) is 0 Å². The second-order valence-corrected chi connectivity index (χ2v) is 10.4. The molecule has 1 heterocycles. The minimum absolute atomic E-state index is 1.10. The van der Waals surface area contributed by atoms with Gasteiger partial charge in [-0.25, -0.2) is 0 Å². The molecule has 1 nitrogen and oxygen atoms in total. The predicted molar refractivity (Wildman–Crippen MR) is 165 cm³/mol. The van der Waals surface area contributed by atoms with Gasteiger partial charge in [-0.3, -0.25) is 0 Å². The summed E-state index contributed by atoms with van der Waals surface area (Å²) in [4.78, 5) is 0.